The lowest BCUT2D eigenvalue weighted by Gasteiger charge is -2.27. The van der Waals surface area contributed by atoms with E-state index in [-0.39, 0.29) is 37.6 Å². The van der Waals surface area contributed by atoms with E-state index in [0.717, 1.165) is 0 Å². The van der Waals surface area contributed by atoms with Crippen LogP contribution in [0.15, 0.2) is 24.3 Å². The number of carbonyl (C=O) groups is 8. The van der Waals surface area contributed by atoms with Crippen LogP contribution in [-0.2, 0) is 44.7 Å². The van der Waals surface area contributed by atoms with Gasteiger partial charge in [-0.05, 0) is 91.3 Å². The maximum absolute atomic E-state index is 13.4. The van der Waals surface area contributed by atoms with Gasteiger partial charge in [-0.1, -0.05) is 26.0 Å². The van der Waals surface area contributed by atoms with E-state index >= 15 is 0 Å². The molecule has 1 aromatic carbocycles. The molecular weight excluding hydrogens is 718 g/mol. The lowest BCUT2D eigenvalue weighted by molar-refractivity contribution is -0.140. The number of benzene rings is 1. The second kappa shape index (κ2) is 20.3. The van der Waals surface area contributed by atoms with Gasteiger partial charge in [0.05, 0.1) is 13.1 Å². The smallest absolute Gasteiger partial charge is 0.444 e. The van der Waals surface area contributed by atoms with E-state index in [9.17, 15) is 38.4 Å². The topological polar surface area (TPSA) is 254 Å². The van der Waals surface area contributed by atoms with Gasteiger partial charge in [-0.2, -0.15) is 0 Å². The first-order valence-electron chi connectivity index (χ1n) is 18.2. The monoisotopic (exact) mass is 775 g/mol. The Labute approximate surface area is 321 Å². The number of likely N-dealkylation sites (tertiary alicyclic amines) is 1. The van der Waals surface area contributed by atoms with Crippen molar-refractivity contribution in [1.82, 2.24) is 31.5 Å². The number of rotatable bonds is 16. The van der Waals surface area contributed by atoms with E-state index in [1.807, 2.05) is 13.8 Å². The Morgan fingerprint density at radius 2 is 1.38 bits per heavy atom. The Morgan fingerprint density at radius 3 is 1.95 bits per heavy atom. The first kappa shape index (κ1) is 45.7. The van der Waals surface area contributed by atoms with Gasteiger partial charge in [0, 0.05) is 13.0 Å². The highest BCUT2D eigenvalue weighted by Gasteiger charge is 2.36. The molecule has 1 aromatic rings. The van der Waals surface area contributed by atoms with Crippen LogP contribution in [0.1, 0.15) is 87.1 Å². The summed E-state index contributed by atoms with van der Waals surface area (Å²) in [5, 5.41) is 12.6. The number of nitrogens with one attached hydrogen (secondary N) is 5. The molecular formula is C37H57N7O11. The molecule has 55 heavy (non-hydrogen) atoms. The van der Waals surface area contributed by atoms with Gasteiger partial charge in [-0.3, -0.25) is 28.8 Å². The number of nitrogens with zero attached hydrogens (tertiary/aromatic N) is 1. The van der Waals surface area contributed by atoms with E-state index in [0.29, 0.717) is 18.4 Å². The molecule has 7 N–H and O–H groups in total. The molecule has 2 rings (SSSR count). The van der Waals surface area contributed by atoms with Crippen molar-refractivity contribution in [3.8, 4) is 5.75 Å². The first-order chi connectivity index (χ1) is 25.4. The summed E-state index contributed by atoms with van der Waals surface area (Å²) in [6.45, 7) is 14.6. The second-order valence-corrected chi connectivity index (χ2v) is 15.7. The van der Waals surface area contributed by atoms with Crippen molar-refractivity contribution < 1.29 is 52.6 Å². The van der Waals surface area contributed by atoms with Gasteiger partial charge in [0.15, 0.2) is 0 Å². The minimum atomic E-state index is -1.20. The SMILES string of the molecule is CC(C)C[C@H](NC(=O)[C@@H]1CCCN1C(=O)CNC(=O)[C@H](C)NC(=O)[C@H](Cc1ccc(OC(=O)OC(C)(C)C)cc1)NC(=O)OC(C)(C)C)C(=O)NCC(N)=O. The molecule has 4 atom stereocenters. The van der Waals surface area contributed by atoms with Crippen LogP contribution >= 0.6 is 0 Å². The van der Waals surface area contributed by atoms with E-state index in [4.69, 9.17) is 19.9 Å². The predicted octanol–water partition coefficient (Wildman–Crippen LogP) is 1.18. The summed E-state index contributed by atoms with van der Waals surface area (Å²) < 4.78 is 15.7. The summed E-state index contributed by atoms with van der Waals surface area (Å²) in [5.41, 5.74) is 4.08. The maximum atomic E-state index is 13.4. The molecule has 1 aliphatic heterocycles. The number of carbonyl (C=O) groups excluding carboxylic acids is 8. The molecule has 0 saturated carbocycles. The van der Waals surface area contributed by atoms with E-state index in [1.54, 1.807) is 53.7 Å². The molecule has 1 saturated heterocycles. The molecule has 1 heterocycles. The summed E-state index contributed by atoms with van der Waals surface area (Å²) in [4.78, 5) is 103. The predicted molar refractivity (Wildman–Crippen MR) is 199 cm³/mol. The molecule has 0 aliphatic carbocycles. The first-order valence-corrected chi connectivity index (χ1v) is 18.2. The van der Waals surface area contributed by atoms with Crippen LogP contribution in [0, 0.1) is 5.92 Å². The van der Waals surface area contributed by atoms with Crippen molar-refractivity contribution in [3.63, 3.8) is 0 Å². The van der Waals surface area contributed by atoms with E-state index < -0.39 is 89.6 Å². The van der Waals surface area contributed by atoms with Gasteiger partial charge in [-0.15, -0.1) is 0 Å². The van der Waals surface area contributed by atoms with Crippen LogP contribution in [0.2, 0.25) is 0 Å². The summed E-state index contributed by atoms with van der Waals surface area (Å²) in [7, 11) is 0. The zero-order valence-electron chi connectivity index (χ0n) is 33.2. The van der Waals surface area contributed by atoms with Crippen LogP contribution in [0.25, 0.3) is 0 Å². The van der Waals surface area contributed by atoms with Crippen LogP contribution in [0.5, 0.6) is 5.75 Å². The third kappa shape index (κ3) is 17.1. The van der Waals surface area contributed by atoms with Gasteiger partial charge in [0.2, 0.25) is 35.4 Å². The molecule has 0 spiro atoms. The number of primary amides is 1. The molecule has 18 nitrogen and oxygen atoms in total. The lowest BCUT2D eigenvalue weighted by Crippen LogP contribution is -2.56. The van der Waals surface area contributed by atoms with E-state index in [2.05, 4.69) is 26.6 Å². The van der Waals surface area contributed by atoms with E-state index in [1.165, 1.54) is 24.0 Å². The number of hydrogen-bond acceptors (Lipinski definition) is 11. The van der Waals surface area contributed by atoms with Crippen molar-refractivity contribution in [2.75, 3.05) is 19.6 Å². The van der Waals surface area contributed by atoms with Crippen molar-refractivity contribution in [3.05, 3.63) is 29.8 Å². The Bertz CT molecular complexity index is 1550. The number of nitrogens with two attached hydrogens (primary N) is 1. The maximum Gasteiger partial charge on any atom is 0.514 e. The largest absolute Gasteiger partial charge is 0.514 e. The van der Waals surface area contributed by atoms with Crippen molar-refractivity contribution in [2.24, 2.45) is 11.7 Å². The van der Waals surface area contributed by atoms with Gasteiger partial charge in [0.1, 0.15) is 41.1 Å². The quantitative estimate of drug-likeness (QED) is 0.103. The average Bonchev–Trinajstić information content (AvgIpc) is 3.54. The fourth-order valence-corrected chi connectivity index (χ4v) is 5.36. The third-order valence-corrected chi connectivity index (χ3v) is 7.78. The zero-order valence-corrected chi connectivity index (χ0v) is 33.2. The molecule has 0 radical (unpaired) electrons. The van der Waals surface area contributed by atoms with Gasteiger partial charge >= 0.3 is 12.2 Å². The van der Waals surface area contributed by atoms with Gasteiger partial charge < -0.3 is 51.4 Å². The second-order valence-electron chi connectivity index (χ2n) is 15.7. The highest BCUT2D eigenvalue weighted by Crippen LogP contribution is 2.19. The molecule has 1 aliphatic rings. The van der Waals surface area contributed by atoms with Crippen molar-refractivity contribution >= 4 is 47.7 Å². The number of amides is 7. The molecule has 306 valence electrons. The number of ether oxygens (including phenoxy) is 3. The average molecular weight is 776 g/mol. The fourth-order valence-electron chi connectivity index (χ4n) is 5.36. The third-order valence-electron chi connectivity index (χ3n) is 7.78. The highest BCUT2D eigenvalue weighted by atomic mass is 16.7. The molecule has 0 unspecified atom stereocenters. The molecule has 7 amide bonds. The number of alkyl carbamates (subject to hydrolysis) is 1. The Balaban J connectivity index is 2.05. The van der Waals surface area contributed by atoms with Crippen LogP contribution < -0.4 is 37.1 Å². The highest BCUT2D eigenvalue weighted by molar-refractivity contribution is 5.95. The minimum Gasteiger partial charge on any atom is -0.444 e. The van der Waals surface area contributed by atoms with Crippen LogP contribution in [0.3, 0.4) is 0 Å². The number of hydrogen-bond donors (Lipinski definition) is 6. The zero-order chi connectivity index (χ0) is 41.7. The van der Waals surface area contributed by atoms with Crippen LogP contribution in [0.4, 0.5) is 9.59 Å². The minimum absolute atomic E-state index is 0.0194. The fraction of sp³-hybridized carbons (Fsp3) is 0.622. The van der Waals surface area contributed by atoms with Crippen LogP contribution in [-0.4, -0.2) is 108 Å². The Kier molecular flexibility index (Phi) is 16.9. The Morgan fingerprint density at radius 1 is 0.782 bits per heavy atom. The Hall–Kier alpha value is -5.42. The summed E-state index contributed by atoms with van der Waals surface area (Å²) in [5.74, 6) is -3.62. The molecule has 0 bridgehead atoms. The normalized spacial score (nSPS) is 15.8. The molecule has 18 heteroatoms. The summed E-state index contributed by atoms with van der Waals surface area (Å²) in [6.07, 6.45) is -0.666. The molecule has 1 fully saturated rings. The molecule has 0 aromatic heterocycles. The summed E-state index contributed by atoms with van der Waals surface area (Å²) in [6, 6.07) is 1.97. The standard InChI is InChI=1S/C37H57N7O11/c1-21(2)17-25(31(48)39-19-28(38)45)42-33(50)27-11-10-16-44(27)29(46)20-40-30(47)22(3)41-32(49)26(43-34(51)54-36(4,5)6)18-23-12-14-24(15-13-23)53-35(52)55-37(7,8)9/h12-15,21-22,25-27H,10-11,16-20H2,1-9H3,(H2,38,45)(H,39,48)(H,40,47)(H,41,49)(H,42,50)(H,43,51)/t22-,25-,26-,27-/m0/s1. The van der Waals surface area contributed by atoms with Crippen molar-refractivity contribution in [2.45, 2.75) is 123 Å². The summed E-state index contributed by atoms with van der Waals surface area (Å²) >= 11 is 0. The lowest BCUT2D eigenvalue weighted by atomic mass is 10.0. The van der Waals surface area contributed by atoms with Crippen molar-refractivity contribution in [1.29, 1.82) is 0 Å². The van der Waals surface area contributed by atoms with Gasteiger partial charge in [-0.25, -0.2) is 9.59 Å². The van der Waals surface area contributed by atoms with Gasteiger partial charge in [0.25, 0.3) is 0 Å².